The van der Waals surface area contributed by atoms with Gasteiger partial charge in [-0.15, -0.1) is 0 Å². The molecule has 0 aliphatic heterocycles. The Morgan fingerprint density at radius 2 is 2.17 bits per heavy atom. The molecule has 0 unspecified atom stereocenters. The summed E-state index contributed by atoms with van der Waals surface area (Å²) in [5, 5.41) is 21.7. The van der Waals surface area contributed by atoms with Crippen molar-refractivity contribution in [3.8, 4) is 17.0 Å². The second kappa shape index (κ2) is 4.41. The number of carboxylic acid groups (broad SMARTS) is 1. The minimum Gasteiger partial charge on any atom is -0.504 e. The second-order valence-corrected chi connectivity index (χ2v) is 4.39. The van der Waals surface area contributed by atoms with Gasteiger partial charge in [0.25, 0.3) is 0 Å². The van der Waals surface area contributed by atoms with Crippen molar-refractivity contribution in [3.63, 3.8) is 0 Å². The zero-order valence-electron chi connectivity index (χ0n) is 9.07. The quantitative estimate of drug-likeness (QED) is 0.890. The Labute approximate surface area is 109 Å². The first-order valence-corrected chi connectivity index (χ1v) is 5.59. The summed E-state index contributed by atoms with van der Waals surface area (Å²) in [6.45, 7) is 1.66. The highest BCUT2D eigenvalue weighted by atomic mass is 79.9. The first-order valence-electron chi connectivity index (χ1n) is 4.79. The predicted molar refractivity (Wildman–Crippen MR) is 63.0 cm³/mol. The van der Waals surface area contributed by atoms with Crippen LogP contribution in [0.2, 0.25) is 0 Å². The minimum atomic E-state index is -1.30. The van der Waals surface area contributed by atoms with Gasteiger partial charge in [-0.25, -0.2) is 9.18 Å². The summed E-state index contributed by atoms with van der Waals surface area (Å²) in [6.07, 6.45) is 0. The number of aryl methyl sites for hydroxylation is 1. The molecule has 0 spiro atoms. The number of hydrogen-bond donors (Lipinski definition) is 2. The number of nitrogens with zero attached hydrogens (tertiary/aromatic N) is 1. The first-order chi connectivity index (χ1) is 8.41. The van der Waals surface area contributed by atoms with Crippen LogP contribution in [0.3, 0.4) is 0 Å². The van der Waals surface area contributed by atoms with Gasteiger partial charge < -0.3 is 14.7 Å². The summed E-state index contributed by atoms with van der Waals surface area (Å²) in [7, 11) is 0. The number of benzene rings is 1. The number of phenolic OH excluding ortho intramolecular Hbond substituents is 1. The van der Waals surface area contributed by atoms with E-state index in [9.17, 15) is 14.3 Å². The molecule has 7 heteroatoms. The van der Waals surface area contributed by atoms with Gasteiger partial charge in [0.05, 0.1) is 4.47 Å². The van der Waals surface area contributed by atoms with Crippen LogP contribution in [-0.4, -0.2) is 21.3 Å². The molecule has 1 heterocycles. The van der Waals surface area contributed by atoms with Crippen LogP contribution in [0.1, 0.15) is 16.1 Å². The van der Waals surface area contributed by atoms with Crippen molar-refractivity contribution in [2.75, 3.05) is 0 Å². The molecule has 0 aliphatic carbocycles. The van der Waals surface area contributed by atoms with E-state index in [1.807, 2.05) is 0 Å². The number of hydrogen-bond acceptors (Lipinski definition) is 4. The summed E-state index contributed by atoms with van der Waals surface area (Å²) in [6, 6.07) is 2.52. The van der Waals surface area contributed by atoms with Crippen LogP contribution in [-0.2, 0) is 0 Å². The van der Waals surface area contributed by atoms with E-state index in [1.165, 1.54) is 6.07 Å². The molecule has 0 atom stereocenters. The molecule has 0 radical (unpaired) electrons. The van der Waals surface area contributed by atoms with Crippen LogP contribution in [0, 0.1) is 12.7 Å². The summed E-state index contributed by atoms with van der Waals surface area (Å²) in [5.41, 5.74) is 0.573. The molecule has 2 N–H and O–H groups in total. The summed E-state index contributed by atoms with van der Waals surface area (Å²) in [5.74, 6) is -3.14. The van der Waals surface area contributed by atoms with Crippen molar-refractivity contribution < 1.29 is 23.9 Å². The second-order valence-electron chi connectivity index (χ2n) is 3.60. The van der Waals surface area contributed by atoms with E-state index in [1.54, 1.807) is 6.92 Å². The summed E-state index contributed by atoms with van der Waals surface area (Å²) >= 11 is 3.04. The first kappa shape index (κ1) is 12.6. The lowest BCUT2D eigenvalue weighted by Gasteiger charge is -2.06. The van der Waals surface area contributed by atoms with E-state index in [4.69, 9.17) is 5.11 Å². The highest BCUT2D eigenvalue weighted by Gasteiger charge is 2.19. The Morgan fingerprint density at radius 1 is 1.50 bits per heavy atom. The number of phenols is 1. The molecule has 2 aromatic rings. The van der Waals surface area contributed by atoms with Gasteiger partial charge in [-0.2, -0.15) is 0 Å². The number of carboxylic acids is 1. The molecule has 1 aromatic carbocycles. The van der Waals surface area contributed by atoms with Gasteiger partial charge in [0.2, 0.25) is 5.76 Å². The maximum absolute atomic E-state index is 13.8. The van der Waals surface area contributed by atoms with Gasteiger partial charge in [-0.1, -0.05) is 5.16 Å². The molecular formula is C11H7BrFNO4. The smallest absolute Gasteiger partial charge is 0.374 e. The van der Waals surface area contributed by atoms with Crippen molar-refractivity contribution in [1.29, 1.82) is 0 Å². The van der Waals surface area contributed by atoms with E-state index in [0.29, 0.717) is 5.56 Å². The van der Waals surface area contributed by atoms with E-state index >= 15 is 0 Å². The molecule has 0 fully saturated rings. The zero-order chi connectivity index (χ0) is 13.4. The molecule has 18 heavy (non-hydrogen) atoms. The predicted octanol–water partition coefficient (Wildman–Crippen LogP) is 2.96. The van der Waals surface area contributed by atoms with E-state index in [2.05, 4.69) is 25.6 Å². The molecule has 94 valence electrons. The third kappa shape index (κ3) is 1.97. The number of aromatic nitrogens is 1. The fourth-order valence-corrected chi connectivity index (χ4v) is 1.73. The van der Waals surface area contributed by atoms with E-state index in [0.717, 1.165) is 6.07 Å². The van der Waals surface area contributed by atoms with Crippen LogP contribution >= 0.6 is 15.9 Å². The number of aromatic carboxylic acids is 1. The van der Waals surface area contributed by atoms with Gasteiger partial charge in [-0.05, 0) is 34.5 Å². The van der Waals surface area contributed by atoms with Crippen molar-refractivity contribution in [3.05, 3.63) is 33.7 Å². The Balaban J connectivity index is 2.60. The fourth-order valence-electron chi connectivity index (χ4n) is 1.44. The van der Waals surface area contributed by atoms with Crippen molar-refractivity contribution in [1.82, 2.24) is 5.16 Å². The van der Waals surface area contributed by atoms with E-state index < -0.39 is 23.3 Å². The third-order valence-electron chi connectivity index (χ3n) is 2.36. The zero-order valence-corrected chi connectivity index (χ0v) is 10.7. The van der Waals surface area contributed by atoms with Gasteiger partial charge >= 0.3 is 5.97 Å². The Morgan fingerprint density at radius 3 is 2.72 bits per heavy atom. The van der Waals surface area contributed by atoms with Gasteiger partial charge in [0, 0.05) is 11.6 Å². The van der Waals surface area contributed by atoms with Gasteiger partial charge in [-0.3, -0.25) is 0 Å². The minimum absolute atomic E-state index is 0.0100. The highest BCUT2D eigenvalue weighted by molar-refractivity contribution is 9.10. The fraction of sp³-hybridized carbons (Fsp3) is 0.0909. The van der Waals surface area contributed by atoms with Crippen LogP contribution in [0.5, 0.6) is 5.75 Å². The highest BCUT2D eigenvalue weighted by Crippen LogP contribution is 2.36. The topological polar surface area (TPSA) is 83.6 Å². The normalized spacial score (nSPS) is 10.6. The lowest BCUT2D eigenvalue weighted by molar-refractivity contribution is 0.0652. The standard InChI is InChI=1S/C11H7BrFNO4/c1-4-2-5(9(13)10(15)8(4)12)6-3-7(11(16)17)18-14-6/h2-3,15H,1H3,(H,16,17). The lowest BCUT2D eigenvalue weighted by atomic mass is 10.1. The third-order valence-corrected chi connectivity index (χ3v) is 3.36. The Hall–Kier alpha value is -1.89. The number of rotatable bonds is 2. The largest absolute Gasteiger partial charge is 0.504 e. The van der Waals surface area contributed by atoms with Crippen molar-refractivity contribution in [2.24, 2.45) is 0 Å². The van der Waals surface area contributed by atoms with Crippen LogP contribution < -0.4 is 0 Å². The van der Waals surface area contributed by atoms with Crippen molar-refractivity contribution in [2.45, 2.75) is 6.92 Å². The van der Waals surface area contributed by atoms with Gasteiger partial charge in [0.1, 0.15) is 5.69 Å². The molecule has 2 rings (SSSR count). The summed E-state index contributed by atoms with van der Waals surface area (Å²) in [4.78, 5) is 10.6. The maximum atomic E-state index is 13.8. The van der Waals surface area contributed by atoms with Gasteiger partial charge in [0.15, 0.2) is 11.6 Å². The molecule has 0 aliphatic rings. The molecule has 0 amide bonds. The molecule has 0 bridgehead atoms. The average Bonchev–Trinajstić information content (AvgIpc) is 2.80. The monoisotopic (exact) mass is 315 g/mol. The van der Waals surface area contributed by atoms with Crippen LogP contribution in [0.15, 0.2) is 21.1 Å². The van der Waals surface area contributed by atoms with Crippen LogP contribution in [0.4, 0.5) is 4.39 Å². The summed E-state index contributed by atoms with van der Waals surface area (Å²) < 4.78 is 18.6. The Kier molecular flexibility index (Phi) is 3.08. The number of carbonyl (C=O) groups is 1. The molecule has 0 saturated heterocycles. The molecule has 5 nitrogen and oxygen atoms in total. The maximum Gasteiger partial charge on any atom is 0.374 e. The van der Waals surface area contributed by atoms with Crippen LogP contribution in [0.25, 0.3) is 11.3 Å². The van der Waals surface area contributed by atoms with Crippen molar-refractivity contribution >= 4 is 21.9 Å². The van der Waals surface area contributed by atoms with E-state index in [-0.39, 0.29) is 15.7 Å². The average molecular weight is 316 g/mol. The number of aromatic hydroxyl groups is 1. The molecule has 1 aromatic heterocycles. The Bertz CT molecular complexity index is 638. The molecule has 0 saturated carbocycles. The lowest BCUT2D eigenvalue weighted by Crippen LogP contribution is -1.92. The number of halogens is 2. The molecular weight excluding hydrogens is 309 g/mol. The SMILES string of the molecule is Cc1cc(-c2cc(C(=O)O)on2)c(F)c(O)c1Br.